The number of benzene rings is 1. The van der Waals surface area contributed by atoms with Crippen molar-refractivity contribution in [1.82, 2.24) is 14.7 Å². The number of rotatable bonds is 8. The van der Waals surface area contributed by atoms with Crippen LogP contribution in [0, 0.1) is 6.92 Å². The first-order valence-electron chi connectivity index (χ1n) is 8.85. The van der Waals surface area contributed by atoms with E-state index < -0.39 is 17.8 Å². The number of carbonyl (C=O) groups excluding carboxylic acids is 1. The average molecular weight is 470 g/mol. The number of amides is 1. The zero-order valence-corrected chi connectivity index (χ0v) is 17.9. The fourth-order valence-electron chi connectivity index (χ4n) is 2.38. The Balaban J connectivity index is 2.10. The Morgan fingerprint density at radius 3 is 2.40 bits per heavy atom. The summed E-state index contributed by atoms with van der Waals surface area (Å²) in [4.78, 5) is 23.6. The molecule has 0 aliphatic heterocycles. The topological polar surface area (TPSA) is 65.8 Å². The highest BCUT2D eigenvalue weighted by Gasteiger charge is 2.32. The van der Waals surface area contributed by atoms with Gasteiger partial charge in [0.05, 0.1) is 34.5 Å². The third-order valence-corrected chi connectivity index (χ3v) is 4.39. The first-order chi connectivity index (χ1) is 14.0. The molecule has 0 spiro atoms. The lowest BCUT2D eigenvalue weighted by atomic mass is 10.2. The highest BCUT2D eigenvalue weighted by molar-refractivity contribution is 6.37. The maximum atomic E-state index is 12.8. The standard InChI is InChI=1S/C18H20Cl2F3N3O4/c1-4-28-29-7-5-6-25(3)17(27)26-11(2)8-15(24-26)30-16-13(19)9-12(10-14(16)20)18(21,22)23/h8-10H,4-7H2,1-3H3. The average Bonchev–Trinajstić information content (AvgIpc) is 3.03. The van der Waals surface area contributed by atoms with Crippen LogP contribution in [0.4, 0.5) is 18.0 Å². The van der Waals surface area contributed by atoms with Gasteiger partial charge in [0, 0.05) is 19.7 Å². The Hall–Kier alpha value is -2.01. The van der Waals surface area contributed by atoms with Gasteiger partial charge in [0.2, 0.25) is 5.88 Å². The molecule has 166 valence electrons. The van der Waals surface area contributed by atoms with Gasteiger partial charge in [0.15, 0.2) is 5.75 Å². The summed E-state index contributed by atoms with van der Waals surface area (Å²) in [7, 11) is 1.59. The van der Waals surface area contributed by atoms with Gasteiger partial charge in [-0.3, -0.25) is 0 Å². The molecule has 0 unspecified atom stereocenters. The van der Waals surface area contributed by atoms with Crippen LogP contribution in [0.15, 0.2) is 18.2 Å². The van der Waals surface area contributed by atoms with Crippen LogP contribution in [-0.2, 0) is 16.0 Å². The lowest BCUT2D eigenvalue weighted by Crippen LogP contribution is -2.33. The van der Waals surface area contributed by atoms with Crippen LogP contribution in [0.2, 0.25) is 10.0 Å². The van der Waals surface area contributed by atoms with Gasteiger partial charge in [0.25, 0.3) is 0 Å². The van der Waals surface area contributed by atoms with Gasteiger partial charge in [-0.25, -0.2) is 14.6 Å². The third-order valence-electron chi connectivity index (χ3n) is 3.83. The van der Waals surface area contributed by atoms with Crippen molar-refractivity contribution in [3.63, 3.8) is 0 Å². The lowest BCUT2D eigenvalue weighted by Gasteiger charge is -2.17. The summed E-state index contributed by atoms with van der Waals surface area (Å²) in [5.41, 5.74) is -0.553. The Bertz CT molecular complexity index is 867. The molecule has 2 rings (SSSR count). The number of aryl methyl sites for hydroxylation is 1. The van der Waals surface area contributed by atoms with E-state index in [1.807, 2.05) is 0 Å². The van der Waals surface area contributed by atoms with Crippen molar-refractivity contribution in [3.8, 4) is 11.6 Å². The van der Waals surface area contributed by atoms with Crippen LogP contribution in [0.1, 0.15) is 24.6 Å². The fourth-order valence-corrected chi connectivity index (χ4v) is 2.94. The van der Waals surface area contributed by atoms with Crippen LogP contribution in [-0.4, -0.2) is 47.5 Å². The van der Waals surface area contributed by atoms with E-state index in [0.717, 1.165) is 4.68 Å². The number of hydrogen-bond donors (Lipinski definition) is 0. The van der Waals surface area contributed by atoms with Crippen molar-refractivity contribution in [3.05, 3.63) is 39.5 Å². The van der Waals surface area contributed by atoms with Crippen molar-refractivity contribution in [2.45, 2.75) is 26.4 Å². The van der Waals surface area contributed by atoms with E-state index in [9.17, 15) is 18.0 Å². The van der Waals surface area contributed by atoms with Gasteiger partial charge in [-0.1, -0.05) is 23.2 Å². The second-order valence-electron chi connectivity index (χ2n) is 6.19. The highest BCUT2D eigenvalue weighted by atomic mass is 35.5. The molecule has 30 heavy (non-hydrogen) atoms. The Morgan fingerprint density at radius 2 is 1.83 bits per heavy atom. The Morgan fingerprint density at radius 1 is 1.20 bits per heavy atom. The van der Waals surface area contributed by atoms with Crippen molar-refractivity contribution in [1.29, 1.82) is 0 Å². The molecule has 0 aliphatic carbocycles. The van der Waals surface area contributed by atoms with Gasteiger partial charge in [0.1, 0.15) is 0 Å². The molecule has 2 aromatic rings. The minimum Gasteiger partial charge on any atom is -0.434 e. The number of halogens is 5. The van der Waals surface area contributed by atoms with E-state index in [4.69, 9.17) is 37.7 Å². The summed E-state index contributed by atoms with van der Waals surface area (Å²) in [6, 6.07) is 2.42. The molecule has 1 heterocycles. The molecular formula is C18H20Cl2F3N3O4. The van der Waals surface area contributed by atoms with Gasteiger partial charge in [-0.15, -0.1) is 5.10 Å². The maximum absolute atomic E-state index is 12.8. The van der Waals surface area contributed by atoms with Gasteiger partial charge < -0.3 is 9.64 Å². The molecular weight excluding hydrogens is 450 g/mol. The summed E-state index contributed by atoms with van der Waals surface area (Å²) in [6.45, 7) is 4.55. The summed E-state index contributed by atoms with van der Waals surface area (Å²) < 4.78 is 45.1. The maximum Gasteiger partial charge on any atom is 0.416 e. The van der Waals surface area contributed by atoms with E-state index >= 15 is 0 Å². The Kier molecular flexibility index (Phi) is 8.36. The normalized spacial score (nSPS) is 11.6. The van der Waals surface area contributed by atoms with Crippen LogP contribution in [0.5, 0.6) is 11.6 Å². The van der Waals surface area contributed by atoms with Gasteiger partial charge in [-0.2, -0.15) is 17.9 Å². The van der Waals surface area contributed by atoms with Crippen LogP contribution >= 0.6 is 23.2 Å². The monoisotopic (exact) mass is 469 g/mol. The molecule has 0 atom stereocenters. The molecule has 0 radical (unpaired) electrons. The molecule has 0 saturated carbocycles. The molecule has 7 nitrogen and oxygen atoms in total. The summed E-state index contributed by atoms with van der Waals surface area (Å²) in [5, 5.41) is 3.38. The smallest absolute Gasteiger partial charge is 0.416 e. The van der Waals surface area contributed by atoms with E-state index in [1.54, 1.807) is 20.9 Å². The number of aromatic nitrogens is 2. The molecule has 0 aliphatic rings. The summed E-state index contributed by atoms with van der Waals surface area (Å²) in [5.74, 6) is -0.234. The Labute approximate surface area is 181 Å². The van der Waals surface area contributed by atoms with Crippen molar-refractivity contribution < 1.29 is 32.5 Å². The van der Waals surface area contributed by atoms with Crippen LogP contribution in [0.25, 0.3) is 0 Å². The van der Waals surface area contributed by atoms with E-state index in [-0.39, 0.29) is 21.7 Å². The number of hydrogen-bond acceptors (Lipinski definition) is 5. The zero-order valence-electron chi connectivity index (χ0n) is 16.4. The molecule has 0 saturated heterocycles. The van der Waals surface area contributed by atoms with Gasteiger partial charge in [-0.05, 0) is 32.4 Å². The predicted molar refractivity (Wildman–Crippen MR) is 104 cm³/mol. The SMILES string of the molecule is CCOOCCCN(C)C(=O)n1nc(Oc2c(Cl)cc(C(F)(F)F)cc2Cl)cc1C. The largest absolute Gasteiger partial charge is 0.434 e. The van der Waals surface area contributed by atoms with Crippen molar-refractivity contribution in [2.75, 3.05) is 26.8 Å². The van der Waals surface area contributed by atoms with Crippen molar-refractivity contribution in [2.24, 2.45) is 0 Å². The minimum atomic E-state index is -4.60. The first kappa shape index (κ1) is 24.3. The van der Waals surface area contributed by atoms with Crippen LogP contribution < -0.4 is 4.74 Å². The second-order valence-corrected chi connectivity index (χ2v) is 7.01. The number of alkyl halides is 3. The lowest BCUT2D eigenvalue weighted by molar-refractivity contribution is -0.291. The second kappa shape index (κ2) is 10.3. The molecule has 0 bridgehead atoms. The van der Waals surface area contributed by atoms with Crippen molar-refractivity contribution >= 4 is 29.2 Å². The first-order valence-corrected chi connectivity index (χ1v) is 9.60. The number of ether oxygens (including phenoxy) is 1. The third kappa shape index (κ3) is 6.24. The number of carbonyl (C=O) groups is 1. The van der Waals surface area contributed by atoms with E-state index in [0.29, 0.717) is 44.0 Å². The van der Waals surface area contributed by atoms with E-state index in [2.05, 4.69) is 5.10 Å². The molecule has 1 aromatic carbocycles. The zero-order chi connectivity index (χ0) is 22.5. The summed E-state index contributed by atoms with van der Waals surface area (Å²) >= 11 is 11.8. The molecule has 0 N–H and O–H groups in total. The van der Waals surface area contributed by atoms with Crippen LogP contribution in [0.3, 0.4) is 0 Å². The van der Waals surface area contributed by atoms with E-state index in [1.165, 1.54) is 11.0 Å². The molecule has 1 amide bonds. The quantitative estimate of drug-likeness (QED) is 0.287. The molecule has 12 heteroatoms. The highest BCUT2D eigenvalue weighted by Crippen LogP contribution is 2.41. The minimum absolute atomic E-state index is 0.0440. The molecule has 0 fully saturated rings. The number of nitrogens with zero attached hydrogens (tertiary/aromatic N) is 3. The fraction of sp³-hybridized carbons (Fsp3) is 0.444. The predicted octanol–water partition coefficient (Wildman–Crippen LogP) is 5.57. The van der Waals surface area contributed by atoms with Gasteiger partial charge >= 0.3 is 12.2 Å². The summed E-state index contributed by atoms with van der Waals surface area (Å²) in [6.07, 6.45) is -4.06. The molecule has 1 aromatic heterocycles.